The Morgan fingerprint density at radius 1 is 1.22 bits per heavy atom. The van der Waals surface area contributed by atoms with Gasteiger partial charge in [0, 0.05) is 5.56 Å². The molecule has 1 saturated carbocycles. The van der Waals surface area contributed by atoms with Crippen molar-refractivity contribution in [1.29, 1.82) is 0 Å². The fraction of sp³-hybridized carbons (Fsp3) is 0.435. The van der Waals surface area contributed by atoms with E-state index in [9.17, 15) is 9.90 Å². The summed E-state index contributed by atoms with van der Waals surface area (Å²) in [5.41, 5.74) is 7.93. The Morgan fingerprint density at radius 2 is 2.00 bits per heavy atom. The maximum atomic E-state index is 12.2. The van der Waals surface area contributed by atoms with E-state index in [1.165, 1.54) is 60.1 Å². The lowest BCUT2D eigenvalue weighted by atomic mass is 9.83. The van der Waals surface area contributed by atoms with Gasteiger partial charge in [-0.3, -0.25) is 0 Å². The van der Waals surface area contributed by atoms with Crippen LogP contribution in [-0.4, -0.2) is 24.3 Å². The third kappa shape index (κ3) is 3.32. The van der Waals surface area contributed by atoms with Gasteiger partial charge < -0.3 is 9.84 Å². The van der Waals surface area contributed by atoms with Gasteiger partial charge in [-0.2, -0.15) is 0 Å². The standard InChI is InChI=1S/C23H27O3P/c1-13-6-9-18(15-7-8-15)21(20(13)22(24)23(25)26-3)17-10-11-19-16(14(17)2)5-4-12-27-19/h6,9-11,15,22,24,27H,4-5,7-8,12H2,1-3H3/t22-/m0/s1. The lowest BCUT2D eigenvalue weighted by Gasteiger charge is -2.25. The fourth-order valence-corrected chi connectivity index (χ4v) is 5.71. The molecule has 142 valence electrons. The molecule has 0 radical (unpaired) electrons. The molecule has 4 rings (SSSR count). The molecule has 0 aromatic heterocycles. The van der Waals surface area contributed by atoms with Crippen LogP contribution < -0.4 is 5.30 Å². The number of aryl methyl sites for hydroxylation is 1. The molecule has 0 amide bonds. The van der Waals surface area contributed by atoms with Gasteiger partial charge in [-0.25, -0.2) is 4.79 Å². The molecular weight excluding hydrogens is 355 g/mol. The summed E-state index contributed by atoms with van der Waals surface area (Å²) in [5.74, 6) is -0.0640. The summed E-state index contributed by atoms with van der Waals surface area (Å²) < 4.78 is 4.86. The van der Waals surface area contributed by atoms with Crippen LogP contribution in [0.15, 0.2) is 24.3 Å². The zero-order valence-corrected chi connectivity index (χ0v) is 17.3. The predicted octanol–water partition coefficient (Wildman–Crippen LogP) is 4.30. The normalized spacial score (nSPS) is 18.2. The monoisotopic (exact) mass is 382 g/mol. The molecule has 27 heavy (non-hydrogen) atoms. The highest BCUT2D eigenvalue weighted by Crippen LogP contribution is 2.48. The van der Waals surface area contributed by atoms with Crippen molar-refractivity contribution in [2.75, 3.05) is 13.3 Å². The van der Waals surface area contributed by atoms with Gasteiger partial charge in [0.05, 0.1) is 7.11 Å². The van der Waals surface area contributed by atoms with Gasteiger partial charge in [-0.05, 0) is 90.3 Å². The third-order valence-corrected chi connectivity index (χ3v) is 7.45. The van der Waals surface area contributed by atoms with Crippen LogP contribution in [0.2, 0.25) is 0 Å². The van der Waals surface area contributed by atoms with Crippen LogP contribution in [0.25, 0.3) is 11.1 Å². The van der Waals surface area contributed by atoms with Crippen molar-refractivity contribution in [1.82, 2.24) is 0 Å². The van der Waals surface area contributed by atoms with Crippen LogP contribution in [0, 0.1) is 13.8 Å². The molecule has 1 aliphatic carbocycles. The molecule has 1 unspecified atom stereocenters. The summed E-state index contributed by atoms with van der Waals surface area (Å²) in [6.07, 6.45) is 4.76. The number of hydrogen-bond donors (Lipinski definition) is 1. The van der Waals surface area contributed by atoms with Gasteiger partial charge in [0.1, 0.15) is 0 Å². The Labute approximate surface area is 162 Å². The van der Waals surface area contributed by atoms with E-state index in [0.717, 1.165) is 26.1 Å². The van der Waals surface area contributed by atoms with Gasteiger partial charge in [0.2, 0.25) is 0 Å². The van der Waals surface area contributed by atoms with Crippen molar-refractivity contribution in [3.05, 3.63) is 52.1 Å². The van der Waals surface area contributed by atoms with Crippen LogP contribution in [0.1, 0.15) is 59.1 Å². The second-order valence-corrected chi connectivity index (χ2v) is 9.15. The Morgan fingerprint density at radius 3 is 2.70 bits per heavy atom. The van der Waals surface area contributed by atoms with Crippen molar-refractivity contribution >= 4 is 19.9 Å². The molecule has 2 atom stereocenters. The number of carbonyl (C=O) groups excluding carboxylic acids is 1. The van der Waals surface area contributed by atoms with E-state index in [-0.39, 0.29) is 0 Å². The van der Waals surface area contributed by atoms with E-state index < -0.39 is 12.1 Å². The van der Waals surface area contributed by atoms with E-state index in [1.54, 1.807) is 0 Å². The quantitative estimate of drug-likeness (QED) is 0.633. The summed E-state index contributed by atoms with van der Waals surface area (Å²) in [6.45, 7) is 4.17. The van der Waals surface area contributed by atoms with Crippen LogP contribution in [-0.2, 0) is 16.0 Å². The molecule has 1 heterocycles. The molecule has 1 fully saturated rings. The number of esters is 1. The van der Waals surface area contributed by atoms with Gasteiger partial charge in [-0.1, -0.05) is 32.8 Å². The summed E-state index contributed by atoms with van der Waals surface area (Å²) in [7, 11) is 2.22. The van der Waals surface area contributed by atoms with E-state index >= 15 is 0 Å². The SMILES string of the molecule is COC(=O)[C@@H](O)c1c(C)ccc(C2CC2)c1-c1ccc2c(c1C)CCCP2. The Kier molecular flexibility index (Phi) is 5.09. The second-order valence-electron chi connectivity index (χ2n) is 7.75. The molecule has 4 heteroatoms. The highest BCUT2D eigenvalue weighted by atomic mass is 31.1. The van der Waals surface area contributed by atoms with E-state index in [4.69, 9.17) is 4.74 Å². The zero-order valence-electron chi connectivity index (χ0n) is 16.3. The van der Waals surface area contributed by atoms with E-state index in [1.807, 2.05) is 13.0 Å². The molecule has 0 saturated heterocycles. The minimum absolute atomic E-state index is 0.529. The number of aliphatic hydroxyl groups excluding tert-OH is 1. The van der Waals surface area contributed by atoms with Gasteiger partial charge in [0.25, 0.3) is 0 Å². The van der Waals surface area contributed by atoms with Gasteiger partial charge >= 0.3 is 5.97 Å². The number of fused-ring (bicyclic) bond motifs is 1. The molecule has 1 N–H and O–H groups in total. The lowest BCUT2D eigenvalue weighted by molar-refractivity contribution is -0.150. The third-order valence-electron chi connectivity index (χ3n) is 6.00. The number of aliphatic hydroxyl groups is 1. The average Bonchev–Trinajstić information content (AvgIpc) is 3.52. The van der Waals surface area contributed by atoms with Gasteiger partial charge in [0.15, 0.2) is 6.10 Å². The lowest BCUT2D eigenvalue weighted by Crippen LogP contribution is -2.18. The minimum atomic E-state index is -1.25. The van der Waals surface area contributed by atoms with Crippen molar-refractivity contribution < 1.29 is 14.6 Å². The number of benzene rings is 2. The van der Waals surface area contributed by atoms with Crippen LogP contribution in [0.4, 0.5) is 0 Å². The first-order valence-corrected chi connectivity index (χ1v) is 11.0. The maximum absolute atomic E-state index is 12.2. The second kappa shape index (κ2) is 7.37. The highest BCUT2D eigenvalue weighted by Gasteiger charge is 2.32. The summed E-state index contributed by atoms with van der Waals surface area (Å²) in [4.78, 5) is 12.2. The molecule has 0 spiro atoms. The van der Waals surface area contributed by atoms with E-state index in [2.05, 4.69) is 25.1 Å². The van der Waals surface area contributed by atoms with Crippen LogP contribution >= 0.6 is 8.58 Å². The number of ether oxygens (including phenoxy) is 1. The Balaban J connectivity index is 1.96. The van der Waals surface area contributed by atoms with Crippen LogP contribution in [0.3, 0.4) is 0 Å². The van der Waals surface area contributed by atoms with Crippen molar-refractivity contribution in [3.8, 4) is 11.1 Å². The molecule has 2 aromatic carbocycles. The number of hydrogen-bond acceptors (Lipinski definition) is 3. The van der Waals surface area contributed by atoms with E-state index in [0.29, 0.717) is 11.5 Å². The van der Waals surface area contributed by atoms with Crippen molar-refractivity contribution in [2.45, 2.75) is 51.6 Å². The average molecular weight is 382 g/mol. The molecule has 2 aliphatic rings. The number of methoxy groups -OCH3 is 1. The molecule has 1 aliphatic heterocycles. The largest absolute Gasteiger partial charge is 0.467 e. The first-order valence-electron chi connectivity index (χ1n) is 9.79. The van der Waals surface area contributed by atoms with Gasteiger partial charge in [-0.15, -0.1) is 0 Å². The summed E-state index contributed by atoms with van der Waals surface area (Å²) in [5, 5.41) is 12.3. The topological polar surface area (TPSA) is 46.5 Å². The Bertz CT molecular complexity index is 899. The summed E-state index contributed by atoms with van der Waals surface area (Å²) >= 11 is 0. The predicted molar refractivity (Wildman–Crippen MR) is 111 cm³/mol. The van der Waals surface area contributed by atoms with Crippen LogP contribution in [0.5, 0.6) is 0 Å². The Hall–Kier alpha value is -1.70. The van der Waals surface area contributed by atoms with Crippen molar-refractivity contribution in [2.24, 2.45) is 0 Å². The summed E-state index contributed by atoms with van der Waals surface area (Å²) in [6, 6.07) is 8.70. The molecular formula is C23H27O3P. The fourth-order valence-electron chi connectivity index (χ4n) is 4.36. The highest BCUT2D eigenvalue weighted by molar-refractivity contribution is 7.47. The minimum Gasteiger partial charge on any atom is -0.467 e. The number of carbonyl (C=O) groups is 1. The molecule has 0 bridgehead atoms. The first-order chi connectivity index (χ1) is 13.0. The first kappa shape index (κ1) is 18.7. The maximum Gasteiger partial charge on any atom is 0.339 e. The smallest absolute Gasteiger partial charge is 0.339 e. The van der Waals surface area contributed by atoms with Crippen molar-refractivity contribution in [3.63, 3.8) is 0 Å². The molecule has 3 nitrogen and oxygen atoms in total. The number of rotatable bonds is 4. The molecule has 2 aromatic rings. The zero-order chi connectivity index (χ0) is 19.1.